The van der Waals surface area contributed by atoms with Gasteiger partial charge in [-0.3, -0.25) is 10.1 Å². The van der Waals surface area contributed by atoms with Crippen molar-refractivity contribution >= 4 is 33.3 Å². The van der Waals surface area contributed by atoms with Crippen molar-refractivity contribution < 1.29 is 9.66 Å². The smallest absolute Gasteiger partial charge is 0.270 e. The SMILES string of the molecule is Cc1ccc(COc2ccc(C=C(C#N)c3cccc([N+](=O)[O-])c3)cc2Br)cc1. The Bertz CT molecular complexity index is 1120. The number of nitro groups is 1. The van der Waals surface area contributed by atoms with Gasteiger partial charge in [0, 0.05) is 12.1 Å². The molecule has 0 atom stereocenters. The minimum absolute atomic E-state index is 0.0512. The maximum atomic E-state index is 11.0. The number of benzene rings is 3. The molecule has 0 aromatic heterocycles. The van der Waals surface area contributed by atoms with E-state index in [4.69, 9.17) is 4.74 Å². The van der Waals surface area contributed by atoms with Crippen LogP contribution in [0.5, 0.6) is 5.75 Å². The Kier molecular flexibility index (Phi) is 6.43. The van der Waals surface area contributed by atoms with Crippen LogP contribution < -0.4 is 4.74 Å². The van der Waals surface area contributed by atoms with Crippen molar-refractivity contribution in [1.29, 1.82) is 5.26 Å². The molecule has 0 radical (unpaired) electrons. The summed E-state index contributed by atoms with van der Waals surface area (Å²) in [6.07, 6.45) is 1.69. The zero-order valence-electron chi connectivity index (χ0n) is 15.6. The molecule has 0 fully saturated rings. The fraction of sp³-hybridized carbons (Fsp3) is 0.0870. The van der Waals surface area contributed by atoms with E-state index in [0.29, 0.717) is 23.5 Å². The van der Waals surface area contributed by atoms with E-state index in [2.05, 4.69) is 22.0 Å². The van der Waals surface area contributed by atoms with Crippen LogP contribution in [0, 0.1) is 28.4 Å². The Labute approximate surface area is 177 Å². The van der Waals surface area contributed by atoms with Crippen LogP contribution in [0.4, 0.5) is 5.69 Å². The molecule has 0 amide bonds. The topological polar surface area (TPSA) is 76.2 Å². The zero-order chi connectivity index (χ0) is 20.8. The lowest BCUT2D eigenvalue weighted by atomic mass is 10.0. The van der Waals surface area contributed by atoms with Gasteiger partial charge in [-0.2, -0.15) is 5.26 Å². The molecule has 29 heavy (non-hydrogen) atoms. The van der Waals surface area contributed by atoms with Gasteiger partial charge in [0.1, 0.15) is 12.4 Å². The van der Waals surface area contributed by atoms with Crippen LogP contribution in [0.2, 0.25) is 0 Å². The molecule has 0 spiro atoms. The number of nitro benzene ring substituents is 1. The normalized spacial score (nSPS) is 11.0. The molecule has 0 saturated heterocycles. The number of non-ortho nitro benzene ring substituents is 1. The van der Waals surface area contributed by atoms with E-state index in [1.165, 1.54) is 17.7 Å². The molecule has 0 saturated carbocycles. The summed E-state index contributed by atoms with van der Waals surface area (Å²) < 4.78 is 6.63. The summed E-state index contributed by atoms with van der Waals surface area (Å²) in [5.74, 6) is 0.691. The lowest BCUT2D eigenvalue weighted by molar-refractivity contribution is -0.384. The highest BCUT2D eigenvalue weighted by atomic mass is 79.9. The van der Waals surface area contributed by atoms with Crippen molar-refractivity contribution in [2.45, 2.75) is 13.5 Å². The molecular formula is C23H17BrN2O3. The summed E-state index contributed by atoms with van der Waals surface area (Å²) in [6.45, 7) is 2.49. The summed E-state index contributed by atoms with van der Waals surface area (Å²) in [4.78, 5) is 10.5. The van der Waals surface area contributed by atoms with E-state index < -0.39 is 4.92 Å². The van der Waals surface area contributed by atoms with Gasteiger partial charge in [0.2, 0.25) is 0 Å². The Morgan fingerprint density at radius 2 is 1.93 bits per heavy atom. The number of allylic oxidation sites excluding steroid dienone is 1. The van der Waals surface area contributed by atoms with Gasteiger partial charge < -0.3 is 4.74 Å². The summed E-state index contributed by atoms with van der Waals surface area (Å²) in [5.41, 5.74) is 3.84. The van der Waals surface area contributed by atoms with Gasteiger partial charge in [0.15, 0.2) is 0 Å². The van der Waals surface area contributed by atoms with Crippen molar-refractivity contribution in [2.75, 3.05) is 0 Å². The van der Waals surface area contributed by atoms with Crippen LogP contribution in [0.25, 0.3) is 11.6 Å². The second-order valence-corrected chi connectivity index (χ2v) is 7.30. The number of nitriles is 1. The predicted octanol–water partition coefficient (Wildman–Crippen LogP) is 6.31. The van der Waals surface area contributed by atoms with Gasteiger partial charge in [-0.1, -0.05) is 48.0 Å². The first-order chi connectivity index (χ1) is 14.0. The molecule has 5 nitrogen and oxygen atoms in total. The molecule has 3 rings (SSSR count). The molecular weight excluding hydrogens is 432 g/mol. The van der Waals surface area contributed by atoms with E-state index in [0.717, 1.165) is 15.6 Å². The van der Waals surface area contributed by atoms with Crippen molar-refractivity contribution in [1.82, 2.24) is 0 Å². The third-order valence-corrected chi connectivity index (χ3v) is 4.89. The van der Waals surface area contributed by atoms with Gasteiger partial charge in [-0.25, -0.2) is 0 Å². The fourth-order valence-electron chi connectivity index (χ4n) is 2.70. The first-order valence-corrected chi connectivity index (χ1v) is 9.60. The Morgan fingerprint density at radius 3 is 2.59 bits per heavy atom. The molecule has 3 aromatic rings. The molecule has 0 bridgehead atoms. The molecule has 0 N–H and O–H groups in total. The number of halogens is 1. The molecule has 0 unspecified atom stereocenters. The Hall–Kier alpha value is -3.43. The van der Waals surface area contributed by atoms with Gasteiger partial charge in [0.25, 0.3) is 5.69 Å². The fourth-order valence-corrected chi connectivity index (χ4v) is 3.21. The van der Waals surface area contributed by atoms with Crippen LogP contribution in [0.3, 0.4) is 0 Å². The highest BCUT2D eigenvalue weighted by Crippen LogP contribution is 2.29. The third-order valence-electron chi connectivity index (χ3n) is 4.27. The second-order valence-electron chi connectivity index (χ2n) is 6.44. The summed E-state index contributed by atoms with van der Waals surface area (Å²) in [6, 6.07) is 21.8. The van der Waals surface area contributed by atoms with E-state index in [9.17, 15) is 15.4 Å². The summed E-state index contributed by atoms with van der Waals surface area (Å²) >= 11 is 3.50. The van der Waals surface area contributed by atoms with E-state index in [1.807, 2.05) is 49.4 Å². The number of hydrogen-bond donors (Lipinski definition) is 0. The van der Waals surface area contributed by atoms with E-state index in [1.54, 1.807) is 18.2 Å². The molecule has 6 heteroatoms. The van der Waals surface area contributed by atoms with Crippen LogP contribution >= 0.6 is 15.9 Å². The number of aryl methyl sites for hydroxylation is 1. The second kappa shape index (κ2) is 9.18. The van der Waals surface area contributed by atoms with Gasteiger partial charge in [-0.05, 0) is 57.8 Å². The van der Waals surface area contributed by atoms with Crippen LogP contribution in [0.1, 0.15) is 22.3 Å². The quantitative estimate of drug-likeness (QED) is 0.191. The Balaban J connectivity index is 1.79. The van der Waals surface area contributed by atoms with Crippen molar-refractivity contribution in [3.63, 3.8) is 0 Å². The minimum Gasteiger partial charge on any atom is -0.488 e. The van der Waals surface area contributed by atoms with E-state index >= 15 is 0 Å². The highest BCUT2D eigenvalue weighted by Gasteiger charge is 2.10. The molecule has 0 aliphatic rings. The van der Waals surface area contributed by atoms with Crippen LogP contribution in [0.15, 0.2) is 71.2 Å². The maximum absolute atomic E-state index is 11.0. The number of nitrogens with zero attached hydrogens (tertiary/aromatic N) is 2. The lowest BCUT2D eigenvalue weighted by Crippen LogP contribution is -1.96. The van der Waals surface area contributed by atoms with Gasteiger partial charge in [0.05, 0.1) is 21.0 Å². The highest BCUT2D eigenvalue weighted by molar-refractivity contribution is 9.10. The third kappa shape index (κ3) is 5.31. The predicted molar refractivity (Wildman–Crippen MR) is 116 cm³/mol. The van der Waals surface area contributed by atoms with Crippen LogP contribution in [-0.4, -0.2) is 4.92 Å². The zero-order valence-corrected chi connectivity index (χ0v) is 17.2. The minimum atomic E-state index is -0.477. The molecule has 0 aliphatic heterocycles. The van der Waals surface area contributed by atoms with Crippen molar-refractivity contribution in [3.05, 3.63) is 104 Å². The molecule has 3 aromatic carbocycles. The molecule has 0 aliphatic carbocycles. The van der Waals surface area contributed by atoms with Crippen molar-refractivity contribution in [3.8, 4) is 11.8 Å². The maximum Gasteiger partial charge on any atom is 0.270 e. The largest absolute Gasteiger partial charge is 0.488 e. The van der Waals surface area contributed by atoms with E-state index in [-0.39, 0.29) is 5.69 Å². The standard InChI is InChI=1S/C23H17BrN2O3/c1-16-5-7-17(8-6-16)15-29-23-10-9-18(12-22(23)24)11-20(14-25)19-3-2-4-21(13-19)26(27)28/h2-13H,15H2,1H3. The number of rotatable bonds is 6. The number of hydrogen-bond acceptors (Lipinski definition) is 4. The monoisotopic (exact) mass is 448 g/mol. The lowest BCUT2D eigenvalue weighted by Gasteiger charge is -2.09. The average Bonchev–Trinajstić information content (AvgIpc) is 2.72. The first-order valence-electron chi connectivity index (χ1n) is 8.81. The summed E-state index contributed by atoms with van der Waals surface area (Å²) in [7, 11) is 0. The van der Waals surface area contributed by atoms with Gasteiger partial charge >= 0.3 is 0 Å². The first kappa shape index (κ1) is 20.3. The van der Waals surface area contributed by atoms with Crippen molar-refractivity contribution in [2.24, 2.45) is 0 Å². The van der Waals surface area contributed by atoms with Crippen LogP contribution in [-0.2, 0) is 6.61 Å². The Morgan fingerprint density at radius 1 is 1.17 bits per heavy atom. The molecule has 144 valence electrons. The summed E-state index contributed by atoms with van der Waals surface area (Å²) in [5, 5.41) is 20.5. The average molecular weight is 449 g/mol. The number of ether oxygens (including phenoxy) is 1. The molecule has 0 heterocycles. The van der Waals surface area contributed by atoms with Gasteiger partial charge in [-0.15, -0.1) is 0 Å².